The molecule has 3 rings (SSSR count). The van der Waals surface area contributed by atoms with Crippen molar-refractivity contribution in [2.75, 3.05) is 11.9 Å². The Bertz CT molecular complexity index is 997. The normalized spacial score (nSPS) is 10.4. The molecule has 0 radical (unpaired) electrons. The Morgan fingerprint density at radius 1 is 1.11 bits per heavy atom. The van der Waals surface area contributed by atoms with E-state index in [0.717, 1.165) is 5.56 Å². The van der Waals surface area contributed by atoms with Gasteiger partial charge in [-0.25, -0.2) is 4.98 Å². The first-order valence-electron chi connectivity index (χ1n) is 8.74. The number of nitrogens with one attached hydrogen (secondary N) is 1. The molecule has 1 amide bonds. The van der Waals surface area contributed by atoms with Crippen molar-refractivity contribution in [3.05, 3.63) is 76.8 Å². The quantitative estimate of drug-likeness (QED) is 0.730. The Morgan fingerprint density at radius 3 is 2.52 bits per heavy atom. The molecule has 6 heteroatoms. The molecule has 0 bridgehead atoms. The van der Waals surface area contributed by atoms with Gasteiger partial charge in [0.25, 0.3) is 5.56 Å². The van der Waals surface area contributed by atoms with E-state index >= 15 is 0 Å². The molecule has 0 aliphatic carbocycles. The third kappa shape index (κ3) is 4.41. The zero-order chi connectivity index (χ0) is 19.2. The van der Waals surface area contributed by atoms with Crippen LogP contribution in [0.1, 0.15) is 12.7 Å². The van der Waals surface area contributed by atoms with Crippen LogP contribution in [0.15, 0.2) is 65.5 Å². The van der Waals surface area contributed by atoms with Gasteiger partial charge in [0.1, 0.15) is 18.1 Å². The van der Waals surface area contributed by atoms with E-state index in [1.54, 1.807) is 19.1 Å². The SMILES string of the molecule is CCOc1ccccc1NC(=O)Cn1c(C)nc(-c2ccccc2)cc1=O. The molecule has 138 valence electrons. The number of anilines is 1. The zero-order valence-corrected chi connectivity index (χ0v) is 15.3. The van der Waals surface area contributed by atoms with Gasteiger partial charge in [-0.3, -0.25) is 14.2 Å². The number of nitrogens with zero attached hydrogens (tertiary/aromatic N) is 2. The first-order chi connectivity index (χ1) is 13.1. The highest BCUT2D eigenvalue weighted by atomic mass is 16.5. The van der Waals surface area contributed by atoms with Crippen molar-refractivity contribution in [1.29, 1.82) is 0 Å². The number of carbonyl (C=O) groups excluding carboxylic acids is 1. The lowest BCUT2D eigenvalue weighted by molar-refractivity contribution is -0.116. The number of aromatic nitrogens is 2. The van der Waals surface area contributed by atoms with Crippen molar-refractivity contribution in [2.45, 2.75) is 20.4 Å². The van der Waals surface area contributed by atoms with Gasteiger partial charge in [0.2, 0.25) is 5.91 Å². The van der Waals surface area contributed by atoms with Crippen LogP contribution in [0.5, 0.6) is 5.75 Å². The van der Waals surface area contributed by atoms with Gasteiger partial charge in [-0.2, -0.15) is 0 Å². The molecule has 0 aliphatic rings. The first kappa shape index (κ1) is 18.4. The summed E-state index contributed by atoms with van der Waals surface area (Å²) in [5.74, 6) is 0.756. The van der Waals surface area contributed by atoms with Crippen molar-refractivity contribution < 1.29 is 9.53 Å². The summed E-state index contributed by atoms with van der Waals surface area (Å²) in [5, 5.41) is 2.79. The van der Waals surface area contributed by atoms with Crippen LogP contribution in [0.25, 0.3) is 11.3 Å². The molecule has 0 unspecified atom stereocenters. The zero-order valence-electron chi connectivity index (χ0n) is 15.3. The van der Waals surface area contributed by atoms with E-state index in [1.165, 1.54) is 10.6 Å². The topological polar surface area (TPSA) is 73.2 Å². The van der Waals surface area contributed by atoms with E-state index in [-0.39, 0.29) is 18.0 Å². The molecular weight excluding hydrogens is 342 g/mol. The molecular formula is C21H21N3O3. The fourth-order valence-electron chi connectivity index (χ4n) is 2.76. The van der Waals surface area contributed by atoms with E-state index in [1.807, 2.05) is 49.4 Å². The third-order valence-corrected chi connectivity index (χ3v) is 4.03. The second kappa shape index (κ2) is 8.31. The number of carbonyl (C=O) groups is 1. The van der Waals surface area contributed by atoms with Crippen molar-refractivity contribution in [3.8, 4) is 17.0 Å². The standard InChI is InChI=1S/C21H21N3O3/c1-3-27-19-12-8-7-11-17(19)23-20(25)14-24-15(2)22-18(13-21(24)26)16-9-5-4-6-10-16/h4-13H,3,14H2,1-2H3,(H,23,25). The minimum Gasteiger partial charge on any atom is -0.492 e. The molecule has 3 aromatic rings. The third-order valence-electron chi connectivity index (χ3n) is 4.03. The van der Waals surface area contributed by atoms with E-state index in [0.29, 0.717) is 29.6 Å². The summed E-state index contributed by atoms with van der Waals surface area (Å²) in [6.07, 6.45) is 0. The van der Waals surface area contributed by atoms with Crippen molar-refractivity contribution in [2.24, 2.45) is 0 Å². The number of aryl methyl sites for hydroxylation is 1. The van der Waals surface area contributed by atoms with Crippen LogP contribution in [0.3, 0.4) is 0 Å². The summed E-state index contributed by atoms with van der Waals surface area (Å²) < 4.78 is 6.86. The number of para-hydroxylation sites is 2. The Balaban J connectivity index is 1.80. The van der Waals surface area contributed by atoms with Crippen LogP contribution in [0, 0.1) is 6.92 Å². The molecule has 0 atom stereocenters. The number of benzene rings is 2. The van der Waals surface area contributed by atoms with Gasteiger partial charge in [-0.1, -0.05) is 42.5 Å². The van der Waals surface area contributed by atoms with E-state index in [4.69, 9.17) is 4.74 Å². The summed E-state index contributed by atoms with van der Waals surface area (Å²) in [6, 6.07) is 18.1. The Morgan fingerprint density at radius 2 is 1.81 bits per heavy atom. The fraction of sp³-hybridized carbons (Fsp3) is 0.190. The maximum absolute atomic E-state index is 12.5. The number of hydrogen-bond donors (Lipinski definition) is 1. The molecule has 1 heterocycles. The van der Waals surface area contributed by atoms with Crippen LogP contribution < -0.4 is 15.6 Å². The van der Waals surface area contributed by atoms with E-state index < -0.39 is 0 Å². The molecule has 0 aliphatic heterocycles. The summed E-state index contributed by atoms with van der Waals surface area (Å²) in [6.45, 7) is 3.97. The molecule has 1 N–H and O–H groups in total. The average molecular weight is 363 g/mol. The van der Waals surface area contributed by atoms with Crippen LogP contribution in [-0.4, -0.2) is 22.1 Å². The van der Waals surface area contributed by atoms with E-state index in [9.17, 15) is 9.59 Å². The molecule has 6 nitrogen and oxygen atoms in total. The van der Waals surface area contributed by atoms with Crippen LogP contribution in [0.2, 0.25) is 0 Å². The lowest BCUT2D eigenvalue weighted by Crippen LogP contribution is -2.30. The summed E-state index contributed by atoms with van der Waals surface area (Å²) in [4.78, 5) is 29.4. The highest BCUT2D eigenvalue weighted by Crippen LogP contribution is 2.23. The van der Waals surface area contributed by atoms with E-state index in [2.05, 4.69) is 10.3 Å². The highest BCUT2D eigenvalue weighted by Gasteiger charge is 2.12. The summed E-state index contributed by atoms with van der Waals surface area (Å²) in [7, 11) is 0. The minimum absolute atomic E-state index is 0.118. The van der Waals surface area contributed by atoms with Crippen LogP contribution >= 0.6 is 0 Å². The lowest BCUT2D eigenvalue weighted by atomic mass is 10.1. The monoisotopic (exact) mass is 363 g/mol. The Labute approximate surface area is 157 Å². The molecule has 0 saturated heterocycles. The van der Waals surface area contributed by atoms with Gasteiger partial charge in [0.15, 0.2) is 0 Å². The van der Waals surface area contributed by atoms with Gasteiger partial charge in [-0.15, -0.1) is 0 Å². The number of amides is 1. The van der Waals surface area contributed by atoms with Crippen LogP contribution in [0.4, 0.5) is 5.69 Å². The van der Waals surface area contributed by atoms with Gasteiger partial charge in [0, 0.05) is 11.6 Å². The average Bonchev–Trinajstić information content (AvgIpc) is 2.67. The van der Waals surface area contributed by atoms with Crippen molar-refractivity contribution in [3.63, 3.8) is 0 Å². The summed E-state index contributed by atoms with van der Waals surface area (Å²) in [5.41, 5.74) is 1.76. The molecule has 0 fully saturated rings. The molecule has 27 heavy (non-hydrogen) atoms. The maximum atomic E-state index is 12.5. The predicted octanol–water partition coefficient (Wildman–Crippen LogP) is 3.26. The predicted molar refractivity (Wildman–Crippen MR) is 105 cm³/mol. The van der Waals surface area contributed by atoms with Gasteiger partial charge in [-0.05, 0) is 26.0 Å². The van der Waals surface area contributed by atoms with Gasteiger partial charge < -0.3 is 10.1 Å². The number of hydrogen-bond acceptors (Lipinski definition) is 4. The van der Waals surface area contributed by atoms with Gasteiger partial charge in [0.05, 0.1) is 18.0 Å². The smallest absolute Gasteiger partial charge is 0.254 e. The van der Waals surface area contributed by atoms with Crippen molar-refractivity contribution >= 4 is 11.6 Å². The van der Waals surface area contributed by atoms with Crippen LogP contribution in [-0.2, 0) is 11.3 Å². The second-order valence-corrected chi connectivity index (χ2v) is 5.96. The van der Waals surface area contributed by atoms with Gasteiger partial charge >= 0.3 is 0 Å². The fourth-order valence-corrected chi connectivity index (χ4v) is 2.76. The van der Waals surface area contributed by atoms with Crippen molar-refractivity contribution in [1.82, 2.24) is 9.55 Å². The first-order valence-corrected chi connectivity index (χ1v) is 8.74. The molecule has 2 aromatic carbocycles. The second-order valence-electron chi connectivity index (χ2n) is 5.96. The minimum atomic E-state index is -0.318. The number of rotatable bonds is 6. The highest BCUT2D eigenvalue weighted by molar-refractivity contribution is 5.92. The largest absolute Gasteiger partial charge is 0.492 e. The lowest BCUT2D eigenvalue weighted by Gasteiger charge is -2.13. The number of ether oxygens (including phenoxy) is 1. The Kier molecular flexibility index (Phi) is 5.66. The molecule has 1 aromatic heterocycles. The maximum Gasteiger partial charge on any atom is 0.254 e. The molecule has 0 spiro atoms. The summed E-state index contributed by atoms with van der Waals surface area (Å²) >= 11 is 0. The molecule has 0 saturated carbocycles. The Hall–Kier alpha value is -3.41.